The monoisotopic (exact) mass is 613 g/mol. The van der Waals surface area contributed by atoms with Crippen LogP contribution in [0.2, 0.25) is 0 Å². The number of carbonyl (C=O) groups excluding carboxylic acids is 4. The molecule has 0 spiro atoms. The molecule has 13 nitrogen and oxygen atoms in total. The zero-order valence-corrected chi connectivity index (χ0v) is 26.4. The predicted octanol–water partition coefficient (Wildman–Crippen LogP) is 2.21. The summed E-state index contributed by atoms with van der Waals surface area (Å²) in [5, 5.41) is 20.2. The zero-order chi connectivity index (χ0) is 32.0. The number of carbonyl (C=O) groups is 4. The summed E-state index contributed by atoms with van der Waals surface area (Å²) in [6.45, 7) is 9.10. The van der Waals surface area contributed by atoms with Gasteiger partial charge >= 0.3 is 0 Å². The van der Waals surface area contributed by atoms with E-state index in [2.05, 4.69) is 31.6 Å². The van der Waals surface area contributed by atoms with Gasteiger partial charge in [0.2, 0.25) is 17.7 Å². The van der Waals surface area contributed by atoms with Crippen LogP contribution in [0.15, 0.2) is 24.3 Å². The molecule has 4 amide bonds. The van der Waals surface area contributed by atoms with Crippen molar-refractivity contribution in [1.82, 2.24) is 36.3 Å². The minimum absolute atomic E-state index is 0.106. The Morgan fingerprint density at radius 3 is 2.41 bits per heavy atom. The number of amides is 4. The van der Waals surface area contributed by atoms with Crippen LogP contribution in [0.4, 0.5) is 0 Å². The van der Waals surface area contributed by atoms with Crippen molar-refractivity contribution in [2.75, 3.05) is 32.8 Å². The van der Waals surface area contributed by atoms with Crippen LogP contribution < -0.4 is 26.0 Å². The number of aromatic nitrogens is 3. The van der Waals surface area contributed by atoms with Crippen molar-refractivity contribution < 1.29 is 28.7 Å². The SMILES string of the molecule is CC(=O)NCCOc1ccc(C(=O)NCCCn2nnc3c2CCCCCC3OCCNC(=O)CC(C)(C)NC(C)=O)cc1. The Morgan fingerprint density at radius 2 is 1.68 bits per heavy atom. The van der Waals surface area contributed by atoms with Crippen molar-refractivity contribution in [2.45, 2.75) is 90.8 Å². The van der Waals surface area contributed by atoms with Crippen molar-refractivity contribution in [3.05, 3.63) is 41.2 Å². The molecular formula is C31H47N7O6. The first-order chi connectivity index (χ1) is 21.0. The second-order valence-electron chi connectivity index (χ2n) is 11.7. The summed E-state index contributed by atoms with van der Waals surface area (Å²) in [4.78, 5) is 47.2. The Bertz CT molecular complexity index is 1240. The van der Waals surface area contributed by atoms with E-state index in [1.165, 1.54) is 13.8 Å². The van der Waals surface area contributed by atoms with Crippen LogP contribution in [-0.2, 0) is 32.1 Å². The largest absolute Gasteiger partial charge is 0.492 e. The van der Waals surface area contributed by atoms with E-state index in [9.17, 15) is 19.2 Å². The molecule has 0 aliphatic heterocycles. The summed E-state index contributed by atoms with van der Waals surface area (Å²) in [5.74, 6) is 0.0390. The Morgan fingerprint density at radius 1 is 0.932 bits per heavy atom. The minimum atomic E-state index is -0.621. The van der Waals surface area contributed by atoms with Gasteiger partial charge < -0.3 is 30.7 Å². The first-order valence-electron chi connectivity index (χ1n) is 15.4. The summed E-state index contributed by atoms with van der Waals surface area (Å²) in [6, 6.07) is 6.89. The van der Waals surface area contributed by atoms with Gasteiger partial charge in [0.1, 0.15) is 24.2 Å². The third-order valence-electron chi connectivity index (χ3n) is 7.11. The summed E-state index contributed by atoms with van der Waals surface area (Å²) in [6.07, 6.45) is 5.56. The van der Waals surface area contributed by atoms with Crippen LogP contribution in [0.5, 0.6) is 5.75 Å². The summed E-state index contributed by atoms with van der Waals surface area (Å²) >= 11 is 0. The lowest BCUT2D eigenvalue weighted by Gasteiger charge is -2.25. The van der Waals surface area contributed by atoms with E-state index >= 15 is 0 Å². The number of ether oxygens (including phenoxy) is 2. The van der Waals surface area contributed by atoms with Crippen LogP contribution in [0, 0.1) is 0 Å². The Balaban J connectivity index is 1.43. The molecule has 0 radical (unpaired) electrons. The average molecular weight is 614 g/mol. The van der Waals surface area contributed by atoms with Gasteiger partial charge in [-0.05, 0) is 63.8 Å². The summed E-state index contributed by atoms with van der Waals surface area (Å²) < 4.78 is 13.7. The fourth-order valence-electron chi connectivity index (χ4n) is 5.14. The Labute approximate surface area is 259 Å². The van der Waals surface area contributed by atoms with Crippen LogP contribution >= 0.6 is 0 Å². The summed E-state index contributed by atoms with van der Waals surface area (Å²) in [5.41, 5.74) is 1.84. The summed E-state index contributed by atoms with van der Waals surface area (Å²) in [7, 11) is 0. The highest BCUT2D eigenvalue weighted by Gasteiger charge is 2.25. The van der Waals surface area contributed by atoms with Gasteiger partial charge in [-0.2, -0.15) is 0 Å². The molecule has 1 atom stereocenters. The molecule has 0 fully saturated rings. The van der Waals surface area contributed by atoms with Crippen molar-refractivity contribution >= 4 is 23.6 Å². The third kappa shape index (κ3) is 11.9. The van der Waals surface area contributed by atoms with Gasteiger partial charge in [0.15, 0.2) is 0 Å². The maximum Gasteiger partial charge on any atom is 0.251 e. The average Bonchev–Trinajstić information content (AvgIpc) is 3.33. The maximum atomic E-state index is 12.6. The fraction of sp³-hybridized carbons (Fsp3) is 0.613. The number of hydrogen-bond acceptors (Lipinski definition) is 8. The normalized spacial score (nSPS) is 14.9. The van der Waals surface area contributed by atoms with Crippen molar-refractivity contribution in [3.63, 3.8) is 0 Å². The highest BCUT2D eigenvalue weighted by atomic mass is 16.5. The third-order valence-corrected chi connectivity index (χ3v) is 7.11. The molecule has 4 N–H and O–H groups in total. The van der Waals surface area contributed by atoms with E-state index < -0.39 is 5.54 Å². The van der Waals surface area contributed by atoms with E-state index in [0.29, 0.717) is 57.1 Å². The lowest BCUT2D eigenvalue weighted by Crippen LogP contribution is -2.46. The second-order valence-corrected chi connectivity index (χ2v) is 11.7. The van der Waals surface area contributed by atoms with Gasteiger partial charge in [0.05, 0.1) is 18.8 Å². The number of rotatable bonds is 16. The number of aryl methyl sites for hydroxylation is 1. The second kappa shape index (κ2) is 17.3. The Kier molecular flexibility index (Phi) is 13.6. The standard InChI is InChI=1S/C31H47N7O6/c1-22(39)32-16-19-43-25-13-11-24(12-14-25)30(42)34-15-8-18-38-26-9-6-5-7-10-27(29(26)36-37-38)44-20-17-33-28(41)21-31(3,4)35-23(2)40/h11-14,27H,5-10,15-21H2,1-4H3,(H,32,39)(H,33,41)(H,34,42)(H,35,40). The number of nitrogens with one attached hydrogen (secondary N) is 4. The molecule has 0 saturated carbocycles. The van der Waals surface area contributed by atoms with Crippen molar-refractivity contribution in [3.8, 4) is 5.75 Å². The lowest BCUT2D eigenvalue weighted by atomic mass is 9.99. The number of benzene rings is 1. The number of hydrogen-bond donors (Lipinski definition) is 4. The molecule has 242 valence electrons. The van der Waals surface area contributed by atoms with E-state index in [1.54, 1.807) is 24.3 Å². The molecular weight excluding hydrogens is 566 g/mol. The molecule has 13 heteroatoms. The molecule has 2 aromatic rings. The minimum Gasteiger partial charge on any atom is -0.492 e. The fourth-order valence-corrected chi connectivity index (χ4v) is 5.14. The first-order valence-corrected chi connectivity index (χ1v) is 15.4. The van der Waals surface area contributed by atoms with Gasteiger partial charge in [0, 0.05) is 51.0 Å². The predicted molar refractivity (Wildman–Crippen MR) is 164 cm³/mol. The molecule has 1 aliphatic rings. The quantitative estimate of drug-likeness (QED) is 0.209. The lowest BCUT2D eigenvalue weighted by molar-refractivity contribution is -0.124. The Hall–Kier alpha value is -4.00. The van der Waals surface area contributed by atoms with Crippen LogP contribution in [0.3, 0.4) is 0 Å². The highest BCUT2D eigenvalue weighted by Crippen LogP contribution is 2.29. The van der Waals surface area contributed by atoms with E-state index in [-0.39, 0.29) is 36.2 Å². The molecule has 1 unspecified atom stereocenters. The first kappa shape index (κ1) is 34.5. The van der Waals surface area contributed by atoms with Gasteiger partial charge in [-0.15, -0.1) is 5.10 Å². The van der Waals surface area contributed by atoms with E-state index in [0.717, 1.165) is 43.5 Å². The topological polar surface area (TPSA) is 166 Å². The molecule has 1 aromatic heterocycles. The van der Waals surface area contributed by atoms with Crippen LogP contribution in [0.1, 0.15) is 94.1 Å². The van der Waals surface area contributed by atoms with Gasteiger partial charge in [0.25, 0.3) is 5.91 Å². The molecule has 44 heavy (non-hydrogen) atoms. The zero-order valence-electron chi connectivity index (χ0n) is 26.4. The number of nitrogens with zero attached hydrogens (tertiary/aromatic N) is 3. The van der Waals surface area contributed by atoms with Crippen molar-refractivity contribution in [2.24, 2.45) is 0 Å². The molecule has 1 heterocycles. The van der Waals surface area contributed by atoms with Crippen molar-refractivity contribution in [1.29, 1.82) is 0 Å². The maximum absolute atomic E-state index is 12.6. The highest BCUT2D eigenvalue weighted by molar-refractivity contribution is 5.94. The van der Waals surface area contributed by atoms with Crippen LogP contribution in [-0.4, -0.2) is 77.0 Å². The molecule has 0 bridgehead atoms. The van der Waals surface area contributed by atoms with Gasteiger partial charge in [-0.3, -0.25) is 19.2 Å². The van der Waals surface area contributed by atoms with Gasteiger partial charge in [-0.25, -0.2) is 4.68 Å². The molecule has 1 aromatic carbocycles. The smallest absolute Gasteiger partial charge is 0.251 e. The van der Waals surface area contributed by atoms with E-state index in [4.69, 9.17) is 9.47 Å². The van der Waals surface area contributed by atoms with Gasteiger partial charge in [-0.1, -0.05) is 18.1 Å². The van der Waals surface area contributed by atoms with Crippen LogP contribution in [0.25, 0.3) is 0 Å². The molecule has 1 aliphatic carbocycles. The van der Waals surface area contributed by atoms with E-state index in [1.807, 2.05) is 18.5 Å². The molecule has 0 saturated heterocycles. The number of fused-ring (bicyclic) bond motifs is 1. The molecule has 3 rings (SSSR count).